The summed E-state index contributed by atoms with van der Waals surface area (Å²) in [7, 11) is 0. The first kappa shape index (κ1) is 39.9. The Kier molecular flexibility index (Phi) is 9.28. The summed E-state index contributed by atoms with van der Waals surface area (Å²) in [5, 5.41) is 17.4. The fraction of sp³-hybridized carbons (Fsp3) is 0. The third-order valence-electron chi connectivity index (χ3n) is 14.6. The van der Waals surface area contributed by atoms with E-state index in [9.17, 15) is 0 Å². The molecule has 0 amide bonds. The highest BCUT2D eigenvalue weighted by molar-refractivity contribution is 6.24. The highest BCUT2D eigenvalue weighted by Crippen LogP contribution is 2.47. The zero-order chi connectivity index (χ0) is 46.1. The molecule has 0 aliphatic rings. The number of rotatable bonds is 6. The Balaban J connectivity index is 0.868. The quantitative estimate of drug-likeness (QED) is 0.152. The summed E-state index contributed by atoms with van der Waals surface area (Å²) in [4.78, 5) is 5.13. The summed E-state index contributed by atoms with van der Waals surface area (Å²) in [6.07, 6.45) is 2.04. The predicted molar refractivity (Wildman–Crippen MR) is 299 cm³/mol. The Bertz CT molecular complexity index is 4330. The van der Waals surface area contributed by atoms with E-state index in [1.807, 2.05) is 6.20 Å². The Labute approximate surface area is 406 Å². The topological polar surface area (TPSA) is 12.9 Å². The third kappa shape index (κ3) is 6.59. The molecular formula is C69H43N. The molecule has 0 N–H and O–H groups in total. The maximum absolute atomic E-state index is 5.13. The lowest BCUT2D eigenvalue weighted by Gasteiger charge is -2.19. The largest absolute Gasteiger partial charge is 0.256 e. The predicted octanol–water partition coefficient (Wildman–Crippen LogP) is 19.2. The first-order valence-electron chi connectivity index (χ1n) is 24.2. The molecule has 0 aliphatic carbocycles. The van der Waals surface area contributed by atoms with Crippen LogP contribution < -0.4 is 0 Å². The zero-order valence-corrected chi connectivity index (χ0v) is 38.3. The second kappa shape index (κ2) is 16.3. The van der Waals surface area contributed by atoms with Crippen molar-refractivity contribution >= 4 is 75.4 Å². The summed E-state index contributed by atoms with van der Waals surface area (Å²) in [6, 6.07) is 93.7. The van der Waals surface area contributed by atoms with Gasteiger partial charge in [0.05, 0.1) is 5.69 Å². The van der Waals surface area contributed by atoms with Crippen LogP contribution in [0.5, 0.6) is 0 Å². The summed E-state index contributed by atoms with van der Waals surface area (Å²) < 4.78 is 0. The second-order valence-electron chi connectivity index (χ2n) is 18.6. The van der Waals surface area contributed by atoms with Gasteiger partial charge >= 0.3 is 0 Å². The molecule has 324 valence electrons. The maximum Gasteiger partial charge on any atom is 0.0702 e. The van der Waals surface area contributed by atoms with Crippen LogP contribution in [0.4, 0.5) is 0 Å². The molecule has 0 unspecified atom stereocenters. The van der Waals surface area contributed by atoms with Crippen LogP contribution >= 0.6 is 0 Å². The summed E-state index contributed by atoms with van der Waals surface area (Å²) in [5.41, 5.74) is 14.1. The molecular weight excluding hydrogens is 843 g/mol. The van der Waals surface area contributed by atoms with E-state index in [0.29, 0.717) is 0 Å². The average Bonchev–Trinajstić information content (AvgIpc) is 3.43. The molecule has 0 bridgehead atoms. The van der Waals surface area contributed by atoms with Crippen LogP contribution in [0.3, 0.4) is 0 Å². The molecule has 1 nitrogen and oxygen atoms in total. The SMILES string of the molecule is c1ccc2cc(-c3c4ccccc4c(-c4ccc(-c5ccc(-c6ccc7c(-c8ccc9ccccc9c8)c8ccccc8c(-c8ccc9ccccc9c8)c7c6)cn5)cc4)c4ccccc34)ccc2c1. The van der Waals surface area contributed by atoms with Crippen LogP contribution in [0.15, 0.2) is 261 Å². The van der Waals surface area contributed by atoms with Gasteiger partial charge in [-0.15, -0.1) is 0 Å². The van der Waals surface area contributed by atoms with Crippen LogP contribution in [0, 0.1) is 0 Å². The van der Waals surface area contributed by atoms with Crippen molar-refractivity contribution in [2.24, 2.45) is 0 Å². The highest BCUT2D eigenvalue weighted by Gasteiger charge is 2.20. The van der Waals surface area contributed by atoms with Crippen molar-refractivity contribution in [1.82, 2.24) is 4.98 Å². The number of benzene rings is 13. The van der Waals surface area contributed by atoms with Crippen LogP contribution in [-0.2, 0) is 0 Å². The van der Waals surface area contributed by atoms with Gasteiger partial charge < -0.3 is 0 Å². The lowest BCUT2D eigenvalue weighted by molar-refractivity contribution is 1.33. The molecule has 0 fully saturated rings. The monoisotopic (exact) mass is 885 g/mol. The molecule has 1 aromatic heterocycles. The Morgan fingerprint density at radius 3 is 0.914 bits per heavy atom. The number of hydrogen-bond donors (Lipinski definition) is 0. The number of hydrogen-bond acceptors (Lipinski definition) is 1. The van der Waals surface area contributed by atoms with Crippen molar-refractivity contribution in [3.63, 3.8) is 0 Å². The minimum absolute atomic E-state index is 0.943. The van der Waals surface area contributed by atoms with Crippen LogP contribution in [0.1, 0.15) is 0 Å². The van der Waals surface area contributed by atoms with E-state index < -0.39 is 0 Å². The number of pyridine rings is 1. The van der Waals surface area contributed by atoms with Gasteiger partial charge in [-0.2, -0.15) is 0 Å². The van der Waals surface area contributed by atoms with Gasteiger partial charge in [-0.3, -0.25) is 4.98 Å². The van der Waals surface area contributed by atoms with Crippen molar-refractivity contribution in [3.05, 3.63) is 261 Å². The van der Waals surface area contributed by atoms with Gasteiger partial charge in [0.15, 0.2) is 0 Å². The summed E-state index contributed by atoms with van der Waals surface area (Å²) in [5.74, 6) is 0. The van der Waals surface area contributed by atoms with E-state index in [-0.39, 0.29) is 0 Å². The zero-order valence-electron chi connectivity index (χ0n) is 38.3. The second-order valence-corrected chi connectivity index (χ2v) is 18.6. The third-order valence-corrected chi connectivity index (χ3v) is 14.6. The van der Waals surface area contributed by atoms with Crippen molar-refractivity contribution in [3.8, 4) is 66.9 Å². The molecule has 13 aromatic carbocycles. The average molecular weight is 886 g/mol. The maximum atomic E-state index is 5.13. The fourth-order valence-electron chi connectivity index (χ4n) is 11.3. The lowest BCUT2D eigenvalue weighted by atomic mass is 9.84. The molecule has 1 heteroatoms. The normalized spacial score (nSPS) is 11.7. The molecule has 0 radical (unpaired) electrons. The van der Waals surface area contributed by atoms with Crippen molar-refractivity contribution < 1.29 is 0 Å². The molecule has 0 saturated heterocycles. The van der Waals surface area contributed by atoms with Crippen molar-refractivity contribution in [2.75, 3.05) is 0 Å². The number of nitrogens with zero attached hydrogens (tertiary/aromatic N) is 1. The Morgan fingerprint density at radius 2 is 0.500 bits per heavy atom. The van der Waals surface area contributed by atoms with Gasteiger partial charge in [-0.1, -0.05) is 224 Å². The Hall–Kier alpha value is -9.17. The van der Waals surface area contributed by atoms with Gasteiger partial charge in [0, 0.05) is 17.3 Å². The molecule has 0 saturated carbocycles. The van der Waals surface area contributed by atoms with Gasteiger partial charge in [0.1, 0.15) is 0 Å². The smallest absolute Gasteiger partial charge is 0.0702 e. The first-order valence-corrected chi connectivity index (χ1v) is 24.2. The number of fused-ring (bicyclic) bond motifs is 7. The van der Waals surface area contributed by atoms with E-state index >= 15 is 0 Å². The number of aromatic nitrogens is 1. The fourth-order valence-corrected chi connectivity index (χ4v) is 11.3. The molecule has 14 aromatic rings. The summed E-state index contributed by atoms with van der Waals surface area (Å²) >= 11 is 0. The molecule has 0 atom stereocenters. The van der Waals surface area contributed by atoms with Gasteiger partial charge in [0.2, 0.25) is 0 Å². The standard InChI is InChI=1S/C69H43N/c1-4-16-49-39-53(32-25-44(49)13-1)67-59-21-9-7-19-57(59)66(58-20-8-10-22-60(58)67)48-30-28-47(29-31-48)65-38-36-56(43-70-65)52-35-37-63-64(42-52)69(55-34-27-46-15-3-6-18-51(46)41-55)62-24-12-11-23-61(62)68(63)54-33-26-45-14-2-5-17-50(45)40-54/h1-43H. The van der Waals surface area contributed by atoms with E-state index in [2.05, 4.69) is 255 Å². The van der Waals surface area contributed by atoms with E-state index in [1.165, 1.54) is 120 Å². The summed E-state index contributed by atoms with van der Waals surface area (Å²) in [6.45, 7) is 0. The van der Waals surface area contributed by atoms with Crippen LogP contribution in [0.2, 0.25) is 0 Å². The van der Waals surface area contributed by atoms with Gasteiger partial charge in [-0.05, 0) is 156 Å². The van der Waals surface area contributed by atoms with Crippen molar-refractivity contribution in [2.45, 2.75) is 0 Å². The molecule has 0 aliphatic heterocycles. The minimum atomic E-state index is 0.943. The molecule has 0 spiro atoms. The lowest BCUT2D eigenvalue weighted by Crippen LogP contribution is -1.92. The van der Waals surface area contributed by atoms with E-state index in [4.69, 9.17) is 4.98 Å². The highest BCUT2D eigenvalue weighted by atomic mass is 14.7. The Morgan fingerprint density at radius 1 is 0.186 bits per heavy atom. The van der Waals surface area contributed by atoms with Gasteiger partial charge in [0.25, 0.3) is 0 Å². The van der Waals surface area contributed by atoms with Crippen LogP contribution in [0.25, 0.3) is 142 Å². The van der Waals surface area contributed by atoms with E-state index in [1.54, 1.807) is 0 Å². The molecule has 14 rings (SSSR count). The molecule has 70 heavy (non-hydrogen) atoms. The van der Waals surface area contributed by atoms with Gasteiger partial charge in [-0.25, -0.2) is 0 Å². The van der Waals surface area contributed by atoms with Crippen LogP contribution in [-0.4, -0.2) is 4.98 Å². The van der Waals surface area contributed by atoms with Crippen molar-refractivity contribution in [1.29, 1.82) is 0 Å². The first-order chi connectivity index (χ1) is 34.7. The van der Waals surface area contributed by atoms with E-state index in [0.717, 1.165) is 22.4 Å². The minimum Gasteiger partial charge on any atom is -0.256 e. The molecule has 1 heterocycles.